The summed E-state index contributed by atoms with van der Waals surface area (Å²) in [7, 11) is 2.95. The summed E-state index contributed by atoms with van der Waals surface area (Å²) in [5.74, 6) is -0.0281. The van der Waals surface area contributed by atoms with Crippen molar-refractivity contribution in [2.45, 2.75) is 19.8 Å². The van der Waals surface area contributed by atoms with Gasteiger partial charge in [-0.15, -0.1) is 0 Å². The van der Waals surface area contributed by atoms with Crippen molar-refractivity contribution in [2.24, 2.45) is 5.41 Å². The molecule has 3 rings (SSSR count). The van der Waals surface area contributed by atoms with Crippen LogP contribution in [0.2, 0.25) is 0 Å². The van der Waals surface area contributed by atoms with Gasteiger partial charge in [-0.25, -0.2) is 0 Å². The molecule has 2 aromatic rings. The Kier molecular flexibility index (Phi) is 6.36. The Morgan fingerprint density at radius 3 is 2.30 bits per heavy atom. The molecule has 7 heteroatoms. The molecule has 0 aliphatic carbocycles. The molecule has 0 saturated carbocycles. The van der Waals surface area contributed by atoms with Gasteiger partial charge in [-0.05, 0) is 36.5 Å². The maximum Gasteiger partial charge on any atom is 0.281 e. The minimum absolute atomic E-state index is 0.0281. The molecule has 1 aliphatic rings. The molecular formula is C23H31N3O3S. The van der Waals surface area contributed by atoms with E-state index in [0.717, 1.165) is 16.7 Å². The number of hydrogen-bond donors (Lipinski definition) is 0. The van der Waals surface area contributed by atoms with Crippen molar-refractivity contribution in [1.29, 1.82) is 0 Å². The topological polar surface area (TPSA) is 60.9 Å². The molecule has 1 saturated heterocycles. The summed E-state index contributed by atoms with van der Waals surface area (Å²) < 4.78 is 28.0. The maximum absolute atomic E-state index is 13.2. The molecule has 0 N–H and O–H groups in total. The minimum Gasteiger partial charge on any atom is -0.348 e. The third kappa shape index (κ3) is 4.43. The molecule has 1 fully saturated rings. The fraction of sp³-hybridized carbons (Fsp3) is 0.435. The Morgan fingerprint density at radius 1 is 1.03 bits per heavy atom. The van der Waals surface area contributed by atoms with Crippen molar-refractivity contribution in [3.05, 3.63) is 59.7 Å². The lowest BCUT2D eigenvalue weighted by molar-refractivity contribution is -0.138. The predicted molar refractivity (Wildman–Crippen MR) is 120 cm³/mol. The highest BCUT2D eigenvalue weighted by atomic mass is 32.2. The first kappa shape index (κ1) is 22.5. The lowest BCUT2D eigenvalue weighted by Gasteiger charge is -2.31. The van der Waals surface area contributed by atoms with Crippen LogP contribution in [0.5, 0.6) is 0 Å². The molecule has 1 aliphatic heterocycles. The monoisotopic (exact) mass is 429 g/mol. The van der Waals surface area contributed by atoms with Crippen molar-refractivity contribution in [1.82, 2.24) is 13.5 Å². The fourth-order valence-electron chi connectivity index (χ4n) is 4.13. The number of benzene rings is 2. The van der Waals surface area contributed by atoms with Crippen molar-refractivity contribution in [3.8, 4) is 11.1 Å². The number of aryl methyl sites for hydroxylation is 1. The first-order valence-corrected chi connectivity index (χ1v) is 11.5. The highest BCUT2D eigenvalue weighted by molar-refractivity contribution is 7.86. The van der Waals surface area contributed by atoms with Gasteiger partial charge in [0.25, 0.3) is 10.2 Å². The van der Waals surface area contributed by atoms with Crippen LogP contribution in [0.1, 0.15) is 17.5 Å². The van der Waals surface area contributed by atoms with Crippen molar-refractivity contribution in [2.75, 3.05) is 41.3 Å². The largest absolute Gasteiger partial charge is 0.348 e. The van der Waals surface area contributed by atoms with Gasteiger partial charge in [0.05, 0.1) is 5.41 Å². The van der Waals surface area contributed by atoms with E-state index in [1.165, 1.54) is 28.3 Å². The fourth-order valence-corrected chi connectivity index (χ4v) is 5.32. The highest BCUT2D eigenvalue weighted by Gasteiger charge is 2.48. The zero-order valence-corrected chi connectivity index (χ0v) is 19.2. The molecule has 0 bridgehead atoms. The molecule has 0 aromatic heterocycles. The zero-order chi connectivity index (χ0) is 22.1. The molecule has 1 amide bonds. The Morgan fingerprint density at radius 2 is 1.70 bits per heavy atom. The molecule has 1 atom stereocenters. The third-order valence-electron chi connectivity index (χ3n) is 5.82. The van der Waals surface area contributed by atoms with Gasteiger partial charge in [-0.3, -0.25) is 4.79 Å². The minimum atomic E-state index is -3.56. The van der Waals surface area contributed by atoms with Crippen LogP contribution in [0, 0.1) is 12.3 Å². The second-order valence-corrected chi connectivity index (χ2v) is 10.7. The van der Waals surface area contributed by atoms with E-state index in [2.05, 4.69) is 43.3 Å². The maximum atomic E-state index is 13.2. The highest BCUT2D eigenvalue weighted by Crippen LogP contribution is 2.38. The zero-order valence-electron chi connectivity index (χ0n) is 18.4. The van der Waals surface area contributed by atoms with Crippen molar-refractivity contribution >= 4 is 16.1 Å². The molecule has 30 heavy (non-hydrogen) atoms. The van der Waals surface area contributed by atoms with Crippen LogP contribution >= 0.6 is 0 Å². The molecule has 162 valence electrons. The molecular weight excluding hydrogens is 398 g/mol. The summed E-state index contributed by atoms with van der Waals surface area (Å²) in [6, 6.07) is 16.5. The molecule has 0 unspecified atom stereocenters. The van der Waals surface area contributed by atoms with Gasteiger partial charge in [0.2, 0.25) is 5.91 Å². The first-order chi connectivity index (χ1) is 14.0. The molecule has 6 nitrogen and oxygen atoms in total. The van der Waals surface area contributed by atoms with Crippen molar-refractivity contribution in [3.63, 3.8) is 0 Å². The normalized spacial score (nSPS) is 19.9. The van der Waals surface area contributed by atoms with E-state index in [1.807, 2.05) is 12.1 Å². The Labute approximate surface area is 180 Å². The van der Waals surface area contributed by atoms with Crippen LogP contribution in [-0.2, 0) is 21.4 Å². The van der Waals surface area contributed by atoms with Crippen LogP contribution < -0.4 is 0 Å². The number of carbonyl (C=O) groups excluding carboxylic acids is 1. The molecule has 0 spiro atoms. The number of amides is 1. The van der Waals surface area contributed by atoms with Gasteiger partial charge in [-0.2, -0.15) is 17.0 Å². The average molecular weight is 430 g/mol. The number of carbonyl (C=O) groups is 1. The van der Waals surface area contributed by atoms with Gasteiger partial charge >= 0.3 is 0 Å². The molecule has 2 aromatic carbocycles. The van der Waals surface area contributed by atoms with E-state index in [9.17, 15) is 13.2 Å². The van der Waals surface area contributed by atoms with Gasteiger partial charge in [0.15, 0.2) is 0 Å². The first-order valence-electron chi connectivity index (χ1n) is 10.1. The number of rotatable bonds is 6. The molecule has 0 radical (unpaired) electrons. The Balaban J connectivity index is 1.93. The Hall–Kier alpha value is -2.22. The van der Waals surface area contributed by atoms with E-state index in [1.54, 1.807) is 19.0 Å². The summed E-state index contributed by atoms with van der Waals surface area (Å²) in [6.07, 6.45) is 1.01. The number of nitrogens with zero attached hydrogens (tertiary/aromatic N) is 3. The second-order valence-electron chi connectivity index (χ2n) is 8.60. The summed E-state index contributed by atoms with van der Waals surface area (Å²) >= 11 is 0. The third-order valence-corrected chi connectivity index (χ3v) is 7.71. The average Bonchev–Trinajstić information content (AvgIpc) is 3.14. The van der Waals surface area contributed by atoms with Gasteiger partial charge in [0, 0.05) is 41.3 Å². The summed E-state index contributed by atoms with van der Waals surface area (Å²) in [5.41, 5.74) is 3.69. The van der Waals surface area contributed by atoms with E-state index < -0.39 is 15.6 Å². The van der Waals surface area contributed by atoms with E-state index in [-0.39, 0.29) is 12.5 Å². The van der Waals surface area contributed by atoms with Crippen molar-refractivity contribution < 1.29 is 13.2 Å². The Bertz CT molecular complexity index is 1020. The van der Waals surface area contributed by atoms with Crippen LogP contribution in [0.4, 0.5) is 0 Å². The molecule has 1 heterocycles. The van der Waals surface area contributed by atoms with Gasteiger partial charge < -0.3 is 4.90 Å². The van der Waals surface area contributed by atoms with Gasteiger partial charge in [-0.1, -0.05) is 54.1 Å². The second kappa shape index (κ2) is 8.49. The van der Waals surface area contributed by atoms with Crippen LogP contribution in [0.15, 0.2) is 48.5 Å². The summed E-state index contributed by atoms with van der Waals surface area (Å²) in [4.78, 5) is 14.8. The summed E-state index contributed by atoms with van der Waals surface area (Å²) in [6.45, 7) is 2.60. The summed E-state index contributed by atoms with van der Waals surface area (Å²) in [5, 5.41) is 0. The van der Waals surface area contributed by atoms with Crippen LogP contribution in [0.25, 0.3) is 11.1 Å². The van der Waals surface area contributed by atoms with E-state index in [0.29, 0.717) is 19.4 Å². The van der Waals surface area contributed by atoms with Crippen LogP contribution in [0.3, 0.4) is 0 Å². The van der Waals surface area contributed by atoms with E-state index >= 15 is 0 Å². The number of hydrogen-bond acceptors (Lipinski definition) is 3. The van der Waals surface area contributed by atoms with Crippen LogP contribution in [-0.4, -0.2) is 69.1 Å². The SMILES string of the molecule is Cc1ccc(-c2cccc(C[C@]3(C(=O)N(C)C)CCN(S(=O)(=O)N(C)C)C3)c2)cc1. The standard InChI is InChI=1S/C23H31N3O3S/c1-18-9-11-20(12-10-18)21-8-6-7-19(15-21)16-23(22(27)24(2)3)13-14-26(17-23)30(28,29)25(4)5/h6-12,15H,13-14,16-17H2,1-5H3/t23-/m1/s1. The predicted octanol–water partition coefficient (Wildman–Crippen LogP) is 2.79. The lowest BCUT2D eigenvalue weighted by atomic mass is 9.79. The quantitative estimate of drug-likeness (QED) is 0.709. The van der Waals surface area contributed by atoms with E-state index in [4.69, 9.17) is 0 Å². The lowest BCUT2D eigenvalue weighted by Crippen LogP contribution is -2.46. The van der Waals surface area contributed by atoms with Gasteiger partial charge in [0.1, 0.15) is 0 Å². The smallest absolute Gasteiger partial charge is 0.281 e.